The number of quaternary nitrogens is 1. The lowest BCUT2D eigenvalue weighted by atomic mass is 9.94. The minimum absolute atomic E-state index is 0.237. The number of rotatable bonds is 17. The van der Waals surface area contributed by atoms with Gasteiger partial charge in [-0.25, -0.2) is 16.8 Å². The number of aliphatic carboxylic acids is 1. The topological polar surface area (TPSA) is 132 Å². The van der Waals surface area contributed by atoms with E-state index < -0.39 is 108 Å². The van der Waals surface area contributed by atoms with Gasteiger partial charge in [0.1, 0.15) is 6.54 Å². The molecule has 0 aromatic heterocycles. The Hall–Kier alpha value is -1.80. The van der Waals surface area contributed by atoms with E-state index in [-0.39, 0.29) is 13.0 Å². The molecule has 258 valence electrons. The fourth-order valence-corrected chi connectivity index (χ4v) is 5.08. The van der Waals surface area contributed by atoms with Crippen LogP contribution in [0.2, 0.25) is 0 Å². The van der Waals surface area contributed by atoms with Crippen molar-refractivity contribution in [1.29, 1.82) is 0 Å². The van der Waals surface area contributed by atoms with E-state index in [9.17, 15) is 92.0 Å². The number of halogens is 15. The molecule has 0 radical (unpaired) electrons. The summed E-state index contributed by atoms with van der Waals surface area (Å²) in [5.74, 6) is -46.1. The molecule has 0 aromatic rings. The number of hydrogen-bond donors (Lipinski definition) is 1. The fourth-order valence-electron chi connectivity index (χ4n) is 3.17. The zero-order valence-electron chi connectivity index (χ0n) is 21.2. The van der Waals surface area contributed by atoms with Crippen molar-refractivity contribution in [2.24, 2.45) is 0 Å². The first kappa shape index (κ1) is 41.2. The summed E-state index contributed by atoms with van der Waals surface area (Å²) in [5, 5.41) is 0.978. The predicted octanol–water partition coefficient (Wildman–Crippen LogP) is 3.44. The van der Waals surface area contributed by atoms with Crippen molar-refractivity contribution in [1.82, 2.24) is 4.31 Å². The summed E-state index contributed by atoms with van der Waals surface area (Å²) in [7, 11) is -9.97. The van der Waals surface area contributed by atoms with Crippen molar-refractivity contribution in [2.75, 3.05) is 46.0 Å². The lowest BCUT2D eigenvalue weighted by molar-refractivity contribution is -0.890. The Morgan fingerprint density at radius 2 is 1.07 bits per heavy atom. The van der Waals surface area contributed by atoms with Crippen LogP contribution in [0.15, 0.2) is 0 Å². The van der Waals surface area contributed by atoms with Crippen LogP contribution in [-0.4, -0.2) is 128 Å². The van der Waals surface area contributed by atoms with Crippen molar-refractivity contribution < 1.29 is 102 Å². The zero-order valence-corrected chi connectivity index (χ0v) is 22.9. The second kappa shape index (κ2) is 12.2. The van der Waals surface area contributed by atoms with Crippen LogP contribution in [0.25, 0.3) is 0 Å². The average molecular weight is 714 g/mol. The molecule has 0 saturated heterocycles. The zero-order chi connectivity index (χ0) is 35.1. The summed E-state index contributed by atoms with van der Waals surface area (Å²) >= 11 is 0. The summed E-state index contributed by atoms with van der Waals surface area (Å²) in [6.45, 7) is -4.69. The van der Waals surface area contributed by atoms with E-state index in [4.69, 9.17) is 5.11 Å². The summed E-state index contributed by atoms with van der Waals surface area (Å²) in [6.07, 6.45) is -9.09. The number of carbonyl (C=O) groups is 1. The standard InChI is InChI=1S/C17H21F15N2O7S2/c1-34(2,7-4-8-42(37,38)39)6-3-5-33(9-10(35)36)43(40,41)17(31,32)15(26,27)13(22,23)11(18,19)12(20,21)14(24,25)16(28,29)30/h3-9H2,1-2H3,(H-,35,36,37,38,39). The van der Waals surface area contributed by atoms with Crippen LogP contribution >= 0.6 is 0 Å². The molecule has 0 unspecified atom stereocenters. The highest BCUT2D eigenvalue weighted by Crippen LogP contribution is 2.63. The Kier molecular flexibility index (Phi) is 11.7. The Morgan fingerprint density at radius 1 is 0.698 bits per heavy atom. The average Bonchev–Trinajstić information content (AvgIpc) is 2.75. The van der Waals surface area contributed by atoms with E-state index in [1.807, 2.05) is 0 Å². The summed E-state index contributed by atoms with van der Waals surface area (Å²) in [6, 6.07) is 0. The SMILES string of the molecule is C[N+](C)(CCCN(CC(=O)O)S(=O)(=O)C(F)(F)C(F)(F)C(F)(F)C(F)(F)C(F)(F)C(F)(F)C(F)(F)F)CCCS(=O)(=O)[O-]. The highest BCUT2D eigenvalue weighted by Gasteiger charge is 2.94. The number of carboxylic acids is 1. The second-order valence-corrected chi connectivity index (χ2v) is 13.0. The van der Waals surface area contributed by atoms with Crippen LogP contribution in [0.5, 0.6) is 0 Å². The highest BCUT2D eigenvalue weighted by atomic mass is 32.2. The van der Waals surface area contributed by atoms with Crippen LogP contribution in [0.1, 0.15) is 12.8 Å². The van der Waals surface area contributed by atoms with Crippen molar-refractivity contribution >= 4 is 26.1 Å². The quantitative estimate of drug-likeness (QED) is 0.139. The number of hydrogen-bond acceptors (Lipinski definition) is 6. The minimum Gasteiger partial charge on any atom is -0.748 e. The van der Waals surface area contributed by atoms with Crippen molar-refractivity contribution in [2.45, 2.75) is 53.9 Å². The first-order valence-corrected chi connectivity index (χ1v) is 13.8. The van der Waals surface area contributed by atoms with Gasteiger partial charge >= 0.3 is 47.0 Å². The van der Waals surface area contributed by atoms with Gasteiger partial charge in [-0.1, -0.05) is 0 Å². The van der Waals surface area contributed by atoms with Crippen LogP contribution in [0.4, 0.5) is 65.9 Å². The normalized spacial score (nSPS) is 15.7. The lowest BCUT2D eigenvalue weighted by Gasteiger charge is -2.41. The van der Waals surface area contributed by atoms with Crippen molar-refractivity contribution in [3.63, 3.8) is 0 Å². The summed E-state index contributed by atoms with van der Waals surface area (Å²) < 4.78 is 256. The van der Waals surface area contributed by atoms with E-state index in [1.54, 1.807) is 0 Å². The molecule has 43 heavy (non-hydrogen) atoms. The van der Waals surface area contributed by atoms with Gasteiger partial charge in [0, 0.05) is 25.1 Å². The second-order valence-electron chi connectivity index (χ2n) is 9.47. The fraction of sp³-hybridized carbons (Fsp3) is 0.941. The van der Waals surface area contributed by atoms with Crippen LogP contribution < -0.4 is 0 Å². The molecule has 0 aliphatic carbocycles. The summed E-state index contributed by atoms with van der Waals surface area (Å²) in [5.41, 5.74) is 0. The Labute approximate surface area is 232 Å². The van der Waals surface area contributed by atoms with E-state index in [0.717, 1.165) is 0 Å². The molecule has 26 heteroatoms. The van der Waals surface area contributed by atoms with Gasteiger partial charge in [0.2, 0.25) is 0 Å². The Morgan fingerprint density at radius 3 is 1.44 bits per heavy atom. The van der Waals surface area contributed by atoms with Gasteiger partial charge < -0.3 is 14.1 Å². The molecule has 0 aliphatic rings. The van der Waals surface area contributed by atoms with Gasteiger partial charge in [0.05, 0.1) is 37.3 Å². The molecular formula is C17H21F15N2O7S2. The maximum Gasteiger partial charge on any atom is 0.460 e. The number of nitrogens with zero attached hydrogens (tertiary/aromatic N) is 2. The minimum atomic E-state index is -8.74. The molecule has 0 spiro atoms. The van der Waals surface area contributed by atoms with Gasteiger partial charge in [0.25, 0.3) is 10.0 Å². The molecule has 0 atom stereocenters. The molecule has 0 saturated carbocycles. The number of sulfonamides is 1. The van der Waals surface area contributed by atoms with Crippen molar-refractivity contribution in [3.05, 3.63) is 0 Å². The van der Waals surface area contributed by atoms with Crippen LogP contribution in [0.3, 0.4) is 0 Å². The van der Waals surface area contributed by atoms with Crippen LogP contribution in [-0.2, 0) is 24.9 Å². The van der Waals surface area contributed by atoms with Gasteiger partial charge in [-0.05, 0) is 0 Å². The van der Waals surface area contributed by atoms with Gasteiger partial charge in [0.15, 0.2) is 0 Å². The number of carboxylic acid groups (broad SMARTS) is 1. The monoisotopic (exact) mass is 714 g/mol. The molecule has 0 aliphatic heterocycles. The molecule has 0 fully saturated rings. The Bertz CT molecular complexity index is 1220. The van der Waals surface area contributed by atoms with Crippen LogP contribution in [0, 0.1) is 0 Å². The third-order valence-electron chi connectivity index (χ3n) is 5.60. The third-order valence-corrected chi connectivity index (χ3v) is 8.29. The number of alkyl halides is 15. The third kappa shape index (κ3) is 7.89. The van der Waals surface area contributed by atoms with E-state index in [2.05, 4.69) is 0 Å². The van der Waals surface area contributed by atoms with Gasteiger partial charge in [-0.15, -0.1) is 0 Å². The van der Waals surface area contributed by atoms with Gasteiger partial charge in [-0.2, -0.15) is 70.2 Å². The molecule has 0 bridgehead atoms. The molecule has 1 N–H and O–H groups in total. The highest BCUT2D eigenvalue weighted by molar-refractivity contribution is 7.90. The van der Waals surface area contributed by atoms with E-state index in [1.165, 1.54) is 14.1 Å². The first-order chi connectivity index (χ1) is 18.5. The van der Waals surface area contributed by atoms with Crippen molar-refractivity contribution in [3.8, 4) is 0 Å². The maximum absolute atomic E-state index is 14.4. The Balaban J connectivity index is 6.53. The first-order valence-electron chi connectivity index (χ1n) is 10.8. The molecule has 0 heterocycles. The molecule has 0 rings (SSSR count). The molecular weight excluding hydrogens is 693 g/mol. The smallest absolute Gasteiger partial charge is 0.460 e. The predicted molar refractivity (Wildman–Crippen MR) is 110 cm³/mol. The van der Waals surface area contributed by atoms with Gasteiger partial charge in [-0.3, -0.25) is 4.79 Å². The van der Waals surface area contributed by atoms with E-state index in [0.29, 0.717) is 0 Å². The molecule has 9 nitrogen and oxygen atoms in total. The lowest BCUT2D eigenvalue weighted by Crippen LogP contribution is -2.74. The maximum atomic E-state index is 14.4. The molecule has 0 aromatic carbocycles. The molecule has 0 amide bonds. The summed E-state index contributed by atoms with van der Waals surface area (Å²) in [4.78, 5) is 10.9. The largest absolute Gasteiger partial charge is 0.748 e. The van der Waals surface area contributed by atoms with E-state index >= 15 is 0 Å².